The van der Waals surface area contributed by atoms with Crippen LogP contribution in [0.2, 0.25) is 0 Å². The number of amides is 1. The van der Waals surface area contributed by atoms with Crippen LogP contribution < -0.4 is 5.73 Å². The van der Waals surface area contributed by atoms with Crippen LogP contribution in [0.4, 0.5) is 0 Å². The van der Waals surface area contributed by atoms with Crippen LogP contribution in [0.1, 0.15) is 33.3 Å². The number of halogens is 2. The van der Waals surface area contributed by atoms with Crippen molar-refractivity contribution in [2.75, 3.05) is 26.2 Å². The van der Waals surface area contributed by atoms with Gasteiger partial charge in [-0.25, -0.2) is 0 Å². The highest BCUT2D eigenvalue weighted by molar-refractivity contribution is 5.94. The van der Waals surface area contributed by atoms with Crippen LogP contribution in [-0.4, -0.2) is 41.9 Å². The molecule has 3 aromatic rings. The van der Waals surface area contributed by atoms with Gasteiger partial charge in [0, 0.05) is 26.2 Å². The van der Waals surface area contributed by atoms with E-state index in [0.717, 1.165) is 13.1 Å². The molecule has 0 atom stereocenters. The minimum Gasteiger partial charge on any atom is -0.467 e. The number of benzene rings is 2. The van der Waals surface area contributed by atoms with Crippen LogP contribution in [0, 0.1) is 0 Å². The Kier molecular flexibility index (Phi) is 8.93. The molecule has 0 saturated carbocycles. The van der Waals surface area contributed by atoms with Gasteiger partial charge in [-0.15, -0.1) is 24.8 Å². The van der Waals surface area contributed by atoms with E-state index in [1.165, 1.54) is 17.4 Å². The third-order valence-electron chi connectivity index (χ3n) is 5.30. The largest absolute Gasteiger partial charge is 0.467 e. The fourth-order valence-corrected chi connectivity index (χ4v) is 3.85. The standard InChI is InChI=1S/C23H25N3O2.2ClH/c24-16-21-15-20(17-28-21)23(27)26-13-11-25(12-14-26)22(18-7-3-1-4-8-18)19-9-5-2-6-10-19;;/h1-10,15,17,22H,11-14,16,24H2;2*1H. The van der Waals surface area contributed by atoms with Gasteiger partial charge in [-0.05, 0) is 17.2 Å². The summed E-state index contributed by atoms with van der Waals surface area (Å²) in [5.74, 6) is 0.647. The van der Waals surface area contributed by atoms with Crippen LogP contribution in [0.25, 0.3) is 0 Å². The van der Waals surface area contributed by atoms with Crippen molar-refractivity contribution in [3.8, 4) is 0 Å². The van der Waals surface area contributed by atoms with E-state index < -0.39 is 0 Å². The Balaban J connectivity index is 0.00000160. The van der Waals surface area contributed by atoms with Crippen molar-refractivity contribution in [1.82, 2.24) is 9.80 Å². The number of nitrogens with zero attached hydrogens (tertiary/aromatic N) is 2. The van der Waals surface area contributed by atoms with Gasteiger partial charge in [0.2, 0.25) is 0 Å². The Morgan fingerprint density at radius 2 is 1.43 bits per heavy atom. The zero-order valence-corrected chi connectivity index (χ0v) is 18.3. The predicted octanol–water partition coefficient (Wildman–Crippen LogP) is 4.13. The molecular weight excluding hydrogens is 421 g/mol. The minimum atomic E-state index is 0. The van der Waals surface area contributed by atoms with Gasteiger partial charge >= 0.3 is 0 Å². The highest BCUT2D eigenvalue weighted by atomic mass is 35.5. The lowest BCUT2D eigenvalue weighted by Gasteiger charge is -2.39. The fourth-order valence-electron chi connectivity index (χ4n) is 3.85. The second-order valence-electron chi connectivity index (χ2n) is 7.06. The molecule has 30 heavy (non-hydrogen) atoms. The molecule has 5 nitrogen and oxygen atoms in total. The molecule has 1 aromatic heterocycles. The summed E-state index contributed by atoms with van der Waals surface area (Å²) in [5.41, 5.74) is 8.71. The molecule has 1 saturated heterocycles. The number of carbonyl (C=O) groups excluding carboxylic acids is 1. The highest BCUT2D eigenvalue weighted by Crippen LogP contribution is 2.29. The summed E-state index contributed by atoms with van der Waals surface area (Å²) in [4.78, 5) is 17.1. The molecule has 0 spiro atoms. The van der Waals surface area contributed by atoms with E-state index in [9.17, 15) is 4.79 Å². The first-order valence-corrected chi connectivity index (χ1v) is 9.67. The third-order valence-corrected chi connectivity index (χ3v) is 5.30. The summed E-state index contributed by atoms with van der Waals surface area (Å²) in [6.45, 7) is 3.33. The third kappa shape index (κ3) is 5.24. The molecule has 2 heterocycles. The molecule has 0 radical (unpaired) electrons. The molecule has 160 valence electrons. The smallest absolute Gasteiger partial charge is 0.257 e. The zero-order chi connectivity index (χ0) is 19.3. The van der Waals surface area contributed by atoms with E-state index in [-0.39, 0.29) is 36.8 Å². The van der Waals surface area contributed by atoms with Gasteiger partial charge in [0.15, 0.2) is 0 Å². The molecule has 0 bridgehead atoms. The quantitative estimate of drug-likeness (QED) is 0.638. The summed E-state index contributed by atoms with van der Waals surface area (Å²) in [6.07, 6.45) is 1.51. The second kappa shape index (κ2) is 11.2. The van der Waals surface area contributed by atoms with Crippen LogP contribution in [0.3, 0.4) is 0 Å². The molecular formula is C23H27Cl2N3O2. The summed E-state index contributed by atoms with van der Waals surface area (Å²) in [6, 6.07) is 23.1. The van der Waals surface area contributed by atoms with Crippen molar-refractivity contribution in [3.05, 3.63) is 95.4 Å². The van der Waals surface area contributed by atoms with Crippen molar-refractivity contribution in [2.45, 2.75) is 12.6 Å². The van der Waals surface area contributed by atoms with Gasteiger partial charge in [0.25, 0.3) is 5.91 Å². The normalized spacial score (nSPS) is 14.1. The van der Waals surface area contributed by atoms with Crippen molar-refractivity contribution in [1.29, 1.82) is 0 Å². The molecule has 0 unspecified atom stereocenters. The molecule has 7 heteroatoms. The molecule has 2 aromatic carbocycles. The number of furan rings is 1. The van der Waals surface area contributed by atoms with Gasteiger partial charge in [0.05, 0.1) is 18.2 Å². The lowest BCUT2D eigenvalue weighted by atomic mass is 9.96. The molecule has 1 aliphatic rings. The van der Waals surface area contributed by atoms with E-state index in [0.29, 0.717) is 31.0 Å². The van der Waals surface area contributed by atoms with Crippen molar-refractivity contribution in [3.63, 3.8) is 0 Å². The Hall–Kier alpha value is -2.31. The van der Waals surface area contributed by atoms with Gasteiger partial charge < -0.3 is 15.1 Å². The number of hydrogen-bond donors (Lipinski definition) is 1. The maximum Gasteiger partial charge on any atom is 0.257 e. The van der Waals surface area contributed by atoms with Gasteiger partial charge in [-0.1, -0.05) is 60.7 Å². The van der Waals surface area contributed by atoms with Crippen molar-refractivity contribution in [2.24, 2.45) is 5.73 Å². The Morgan fingerprint density at radius 1 is 0.900 bits per heavy atom. The van der Waals surface area contributed by atoms with E-state index >= 15 is 0 Å². The number of carbonyl (C=O) groups is 1. The fraction of sp³-hybridized carbons (Fsp3) is 0.261. The van der Waals surface area contributed by atoms with E-state index in [1.54, 1.807) is 6.07 Å². The molecule has 1 fully saturated rings. The topological polar surface area (TPSA) is 62.7 Å². The van der Waals surface area contributed by atoms with E-state index in [1.807, 2.05) is 17.0 Å². The summed E-state index contributed by atoms with van der Waals surface area (Å²) in [7, 11) is 0. The number of piperazine rings is 1. The molecule has 1 amide bonds. The maximum atomic E-state index is 12.8. The molecule has 1 aliphatic heterocycles. The van der Waals surface area contributed by atoms with Crippen LogP contribution in [-0.2, 0) is 6.54 Å². The zero-order valence-electron chi connectivity index (χ0n) is 16.6. The minimum absolute atomic E-state index is 0. The second-order valence-corrected chi connectivity index (χ2v) is 7.06. The summed E-state index contributed by atoms with van der Waals surface area (Å²) < 4.78 is 5.32. The van der Waals surface area contributed by atoms with Gasteiger partial charge in [-0.3, -0.25) is 9.69 Å². The van der Waals surface area contributed by atoms with Crippen molar-refractivity contribution < 1.29 is 9.21 Å². The Morgan fingerprint density at radius 3 is 1.90 bits per heavy atom. The Bertz CT molecular complexity index is 871. The first-order chi connectivity index (χ1) is 13.8. The number of hydrogen-bond acceptors (Lipinski definition) is 4. The lowest BCUT2D eigenvalue weighted by Crippen LogP contribution is -2.49. The number of nitrogens with two attached hydrogens (primary N) is 1. The van der Waals surface area contributed by atoms with Crippen LogP contribution >= 0.6 is 24.8 Å². The van der Waals surface area contributed by atoms with E-state index in [2.05, 4.69) is 53.4 Å². The average Bonchev–Trinajstić information content (AvgIpc) is 3.25. The summed E-state index contributed by atoms with van der Waals surface area (Å²) in [5, 5.41) is 0. The SMILES string of the molecule is Cl.Cl.NCc1cc(C(=O)N2CCN(C(c3ccccc3)c3ccccc3)CC2)co1. The first kappa shape index (κ1) is 24.0. The maximum absolute atomic E-state index is 12.8. The van der Waals surface area contributed by atoms with Gasteiger partial charge in [0.1, 0.15) is 12.0 Å². The Labute approximate surface area is 189 Å². The van der Waals surface area contributed by atoms with E-state index in [4.69, 9.17) is 10.2 Å². The first-order valence-electron chi connectivity index (χ1n) is 9.67. The number of rotatable bonds is 5. The van der Waals surface area contributed by atoms with Gasteiger partial charge in [-0.2, -0.15) is 0 Å². The molecule has 2 N–H and O–H groups in total. The van der Waals surface area contributed by atoms with Crippen LogP contribution in [0.15, 0.2) is 77.4 Å². The van der Waals surface area contributed by atoms with Crippen LogP contribution in [0.5, 0.6) is 0 Å². The summed E-state index contributed by atoms with van der Waals surface area (Å²) >= 11 is 0. The van der Waals surface area contributed by atoms with Crippen molar-refractivity contribution >= 4 is 30.7 Å². The highest BCUT2D eigenvalue weighted by Gasteiger charge is 2.28. The molecule has 0 aliphatic carbocycles. The molecule has 4 rings (SSSR count). The predicted molar refractivity (Wildman–Crippen MR) is 123 cm³/mol. The monoisotopic (exact) mass is 447 g/mol. The lowest BCUT2D eigenvalue weighted by molar-refractivity contribution is 0.0596. The average molecular weight is 448 g/mol.